The summed E-state index contributed by atoms with van der Waals surface area (Å²) in [7, 11) is 0. The molecule has 0 rings (SSSR count). The second kappa shape index (κ2) is 5.99. The number of aliphatic carboxylic acids is 1. The summed E-state index contributed by atoms with van der Waals surface area (Å²) in [5.41, 5.74) is 0. The van der Waals surface area contributed by atoms with Crippen molar-refractivity contribution in [2.45, 2.75) is 5.32 Å². The van der Waals surface area contributed by atoms with E-state index in [-0.39, 0.29) is 34.9 Å². The first-order valence-electron chi connectivity index (χ1n) is 1.07. The van der Waals surface area contributed by atoms with Crippen molar-refractivity contribution >= 4 is 51.5 Å². The smallest absolute Gasteiger partial charge is 0 e. The van der Waals surface area contributed by atoms with Gasteiger partial charge >= 0.3 is 37.2 Å². The Kier molecular flexibility index (Phi) is 10.1. The van der Waals surface area contributed by atoms with Crippen LogP contribution < -0.4 is 0 Å². The molecule has 0 heterocycles. The summed E-state index contributed by atoms with van der Waals surface area (Å²) in [6.45, 7) is 0. The molecule has 0 saturated carbocycles. The average Bonchev–Trinajstić information content (AvgIpc) is 1.38. The van der Waals surface area contributed by atoms with E-state index in [9.17, 15) is 4.79 Å². The van der Waals surface area contributed by atoms with E-state index in [2.05, 4.69) is 16.0 Å². The van der Waals surface area contributed by atoms with Gasteiger partial charge in [0, 0.05) is 29.6 Å². The number of hydrogen-bond acceptors (Lipinski definition) is 1. The van der Waals surface area contributed by atoms with E-state index in [1.807, 2.05) is 0 Å². The third-order valence-corrected chi connectivity index (χ3v) is 0.642. The minimum absolute atomic E-state index is 0. The van der Waals surface area contributed by atoms with Crippen molar-refractivity contribution in [1.82, 2.24) is 0 Å². The minimum atomic E-state index is -0.801. The summed E-state index contributed by atoms with van der Waals surface area (Å²) < 4.78 is 0. The van der Waals surface area contributed by atoms with Crippen LogP contribution in [0.25, 0.3) is 0 Å². The second-order valence-electron chi connectivity index (χ2n) is 0.538. The Morgan fingerprint density at radius 1 is 1.83 bits per heavy atom. The Morgan fingerprint density at radius 2 is 2.00 bits per heavy atom. The van der Waals surface area contributed by atoms with Crippen molar-refractivity contribution in [3.05, 3.63) is 0 Å². The van der Waals surface area contributed by atoms with Crippen LogP contribution in [0.1, 0.15) is 0 Å². The summed E-state index contributed by atoms with van der Waals surface area (Å²) in [5, 5.41) is 7.79. The third-order valence-electron chi connectivity index (χ3n) is 0.123. The van der Waals surface area contributed by atoms with Gasteiger partial charge in [-0.3, -0.25) is 0 Å². The zero-order chi connectivity index (χ0) is 4.28. The first-order valence-corrected chi connectivity index (χ1v) is 2.28. The van der Waals surface area contributed by atoms with E-state index < -0.39 is 5.97 Å². The molecule has 0 bridgehead atoms. The van der Waals surface area contributed by atoms with E-state index in [0.717, 1.165) is 0 Å². The monoisotopic (exact) mass is 162 g/mol. The molecule has 4 heteroatoms. The summed E-state index contributed by atoms with van der Waals surface area (Å²) in [5.74, 6) is -0.801. The summed E-state index contributed by atoms with van der Waals surface area (Å²) >= 11 is 2.34. The molecule has 0 aromatic heterocycles. The van der Waals surface area contributed by atoms with Gasteiger partial charge in [-0.15, -0.1) is 0 Å². The van der Waals surface area contributed by atoms with Gasteiger partial charge in [-0.25, -0.2) is 0 Å². The normalized spacial score (nSPS) is 6.17. The van der Waals surface area contributed by atoms with Gasteiger partial charge in [-0.1, -0.05) is 0 Å². The van der Waals surface area contributed by atoms with Crippen LogP contribution in [0.3, 0.4) is 0 Å². The van der Waals surface area contributed by atoms with Crippen molar-refractivity contribution in [3.8, 4) is 0 Å². The molecule has 0 saturated heterocycles. The fourth-order valence-corrected chi connectivity index (χ4v) is 0. The second-order valence-corrected chi connectivity index (χ2v) is 1.14. The van der Waals surface area contributed by atoms with Crippen LogP contribution in [-0.4, -0.2) is 56.6 Å². The number of carboxylic acid groups (broad SMARTS) is 1. The van der Waals surface area contributed by atoms with Crippen LogP contribution in [0.15, 0.2) is 0 Å². The number of hydrogen-bond donors (Lipinski definition) is 1. The number of rotatable bonds is 1. The zero-order valence-corrected chi connectivity index (χ0v) is 7.18. The molecule has 1 N–H and O–H groups in total. The molecule has 0 unspecified atom stereocenters. The quantitative estimate of drug-likeness (QED) is 0.515. The summed E-state index contributed by atoms with van der Waals surface area (Å²) in [6, 6.07) is 0. The Labute approximate surface area is 66.4 Å². The van der Waals surface area contributed by atoms with Crippen molar-refractivity contribution in [3.63, 3.8) is 0 Å². The predicted molar refractivity (Wildman–Crippen MR) is 24.0 cm³/mol. The van der Waals surface area contributed by atoms with Crippen LogP contribution in [0, 0.1) is 0 Å². The number of carbonyl (C=O) groups is 1. The van der Waals surface area contributed by atoms with Crippen LogP contribution in [-0.2, 0) is 4.79 Å². The van der Waals surface area contributed by atoms with Crippen LogP contribution in [0.4, 0.5) is 0 Å². The molecular formula is C2H3NaO2Se. The van der Waals surface area contributed by atoms with Gasteiger partial charge in [0.1, 0.15) is 0 Å². The predicted octanol–water partition coefficient (Wildman–Crippen LogP) is -0.723. The van der Waals surface area contributed by atoms with Crippen molar-refractivity contribution in [1.29, 1.82) is 0 Å². The molecule has 0 amide bonds. The van der Waals surface area contributed by atoms with Gasteiger partial charge in [0.05, 0.1) is 0 Å². The van der Waals surface area contributed by atoms with E-state index in [1.54, 1.807) is 0 Å². The van der Waals surface area contributed by atoms with Crippen LogP contribution in [0.2, 0.25) is 5.32 Å². The third kappa shape index (κ3) is 8.89. The fourth-order valence-electron chi connectivity index (χ4n) is 0. The van der Waals surface area contributed by atoms with Crippen molar-refractivity contribution < 1.29 is 9.90 Å². The Bertz CT molecular complexity index is 46.8. The molecule has 2 radical (unpaired) electrons. The molecule has 0 spiro atoms. The van der Waals surface area contributed by atoms with Crippen LogP contribution in [0.5, 0.6) is 0 Å². The maximum atomic E-state index is 9.34. The number of carboxylic acids is 1. The molecule has 0 aromatic carbocycles. The Balaban J connectivity index is 0. The standard InChI is InChI=1S/C2H3O2Se.Na/c3-2(4)1-5;/h1H2,(H,3,4);. The largest absolute Gasteiger partial charge is 0 e. The molecule has 0 aliphatic heterocycles. The van der Waals surface area contributed by atoms with Gasteiger partial charge < -0.3 is 0 Å². The summed E-state index contributed by atoms with van der Waals surface area (Å²) in [4.78, 5) is 9.34. The topological polar surface area (TPSA) is 37.3 Å². The SMILES string of the molecule is O=C(O)C[Se].[Na]. The zero-order valence-electron chi connectivity index (χ0n) is 3.47. The molecule has 2 nitrogen and oxygen atoms in total. The average molecular weight is 161 g/mol. The van der Waals surface area contributed by atoms with E-state index in [4.69, 9.17) is 5.11 Å². The fraction of sp³-hybridized carbons (Fsp3) is 0.500. The maximum Gasteiger partial charge on any atom is 0 e. The molecule has 6 heavy (non-hydrogen) atoms. The van der Waals surface area contributed by atoms with E-state index in [1.165, 1.54) is 0 Å². The Morgan fingerprint density at radius 3 is 2.00 bits per heavy atom. The van der Waals surface area contributed by atoms with Gasteiger partial charge in [0.15, 0.2) is 0 Å². The first-order chi connectivity index (χ1) is 2.27. The van der Waals surface area contributed by atoms with Crippen LogP contribution >= 0.6 is 0 Å². The first kappa shape index (κ1) is 10.1. The molecule has 30 valence electrons. The van der Waals surface area contributed by atoms with Gasteiger partial charge in [0.25, 0.3) is 0 Å². The molecule has 0 aliphatic rings. The summed E-state index contributed by atoms with van der Waals surface area (Å²) in [6.07, 6.45) is 0. The van der Waals surface area contributed by atoms with E-state index >= 15 is 0 Å². The Hall–Kier alpha value is 0.989. The van der Waals surface area contributed by atoms with Gasteiger partial charge in [-0.05, 0) is 0 Å². The maximum absolute atomic E-state index is 9.34. The molecule has 0 aromatic rings. The van der Waals surface area contributed by atoms with Crippen molar-refractivity contribution in [2.24, 2.45) is 0 Å². The van der Waals surface area contributed by atoms with Crippen molar-refractivity contribution in [2.75, 3.05) is 0 Å². The molecular weight excluding hydrogens is 158 g/mol. The molecule has 0 atom stereocenters. The molecule has 0 fully saturated rings. The van der Waals surface area contributed by atoms with Gasteiger partial charge in [0.2, 0.25) is 0 Å². The minimum Gasteiger partial charge on any atom is 0 e. The molecule has 0 aliphatic carbocycles. The van der Waals surface area contributed by atoms with E-state index in [0.29, 0.717) is 0 Å². The van der Waals surface area contributed by atoms with Gasteiger partial charge in [-0.2, -0.15) is 0 Å².